The van der Waals surface area contributed by atoms with Crippen LogP contribution in [0.5, 0.6) is 0 Å². The van der Waals surface area contributed by atoms with E-state index in [2.05, 4.69) is 44.3 Å². The van der Waals surface area contributed by atoms with E-state index in [4.69, 9.17) is 14.0 Å². The van der Waals surface area contributed by atoms with Gasteiger partial charge >= 0.3 is 33.9 Å². The Kier molecular flexibility index (Phi) is 90.0. The standard InChI is InChI=1S/C5H6.3CO.Ru/c1-2-4-5-3-1;3*1-2;/h1-4H,5H2;;;;. The first-order valence-corrected chi connectivity index (χ1v) is 2.43. The summed E-state index contributed by atoms with van der Waals surface area (Å²) in [4.78, 5) is 0. The summed E-state index contributed by atoms with van der Waals surface area (Å²) in [7, 11) is 0. The van der Waals surface area contributed by atoms with Crippen molar-refractivity contribution >= 4 is 0 Å². The van der Waals surface area contributed by atoms with Crippen LogP contribution in [0.3, 0.4) is 0 Å². The Bertz CT molecular complexity index is 141. The predicted molar refractivity (Wildman–Crippen MR) is 34.7 cm³/mol. The van der Waals surface area contributed by atoms with E-state index >= 15 is 0 Å². The van der Waals surface area contributed by atoms with Crippen molar-refractivity contribution in [3.63, 3.8) is 0 Å². The zero-order chi connectivity index (χ0) is 9.54. The van der Waals surface area contributed by atoms with E-state index in [0.717, 1.165) is 6.42 Å². The van der Waals surface area contributed by atoms with Gasteiger partial charge in [0.15, 0.2) is 0 Å². The van der Waals surface area contributed by atoms with Crippen molar-refractivity contribution in [3.05, 3.63) is 44.3 Å². The van der Waals surface area contributed by atoms with Crippen LogP contribution in [0.1, 0.15) is 6.42 Å². The molecule has 0 aromatic heterocycles. The summed E-state index contributed by atoms with van der Waals surface area (Å²) in [5, 5.41) is 0. The van der Waals surface area contributed by atoms with Crippen LogP contribution in [0.4, 0.5) is 0 Å². The zero-order valence-corrected chi connectivity index (χ0v) is 7.83. The Morgan fingerprint density at radius 2 is 1.00 bits per heavy atom. The summed E-state index contributed by atoms with van der Waals surface area (Å²) in [5.41, 5.74) is 0. The van der Waals surface area contributed by atoms with E-state index in [0.29, 0.717) is 0 Å². The van der Waals surface area contributed by atoms with E-state index in [1.807, 2.05) is 0 Å². The molecule has 1 aliphatic carbocycles. The van der Waals surface area contributed by atoms with Crippen molar-refractivity contribution < 1.29 is 33.4 Å². The first-order chi connectivity index (χ1) is 5.50. The van der Waals surface area contributed by atoms with Gasteiger partial charge in [-0.3, -0.25) is 0 Å². The Balaban J connectivity index is -0.0000000406. The van der Waals surface area contributed by atoms with Crippen molar-refractivity contribution in [1.29, 1.82) is 0 Å². The third-order valence-corrected chi connectivity index (χ3v) is 0.655. The molecule has 0 aromatic carbocycles. The second-order valence-electron chi connectivity index (χ2n) is 1.09. The normalized spacial score (nSPS) is 7.83. The molecule has 64 valence electrons. The minimum atomic E-state index is 0. The van der Waals surface area contributed by atoms with E-state index in [1.54, 1.807) is 0 Å². The fourth-order valence-electron chi connectivity index (χ4n) is 0.393. The maximum atomic E-state index is 7.50. The Labute approximate surface area is 84.5 Å². The average molecular weight is 251 g/mol. The molecule has 12 heavy (non-hydrogen) atoms. The molecule has 0 aliphatic heterocycles. The van der Waals surface area contributed by atoms with Gasteiger partial charge in [-0.1, -0.05) is 24.3 Å². The third-order valence-electron chi connectivity index (χ3n) is 0.655. The molecule has 0 radical (unpaired) electrons. The van der Waals surface area contributed by atoms with Crippen LogP contribution in [0.2, 0.25) is 0 Å². The molecule has 1 aliphatic rings. The van der Waals surface area contributed by atoms with Gasteiger partial charge in [-0.05, 0) is 6.42 Å². The van der Waals surface area contributed by atoms with E-state index < -0.39 is 0 Å². The van der Waals surface area contributed by atoms with Crippen LogP contribution in [0, 0.1) is 20.0 Å². The summed E-state index contributed by atoms with van der Waals surface area (Å²) in [6.45, 7) is 13.5. The smallest absolute Gasteiger partial charge is 0 e. The van der Waals surface area contributed by atoms with Crippen molar-refractivity contribution in [1.82, 2.24) is 0 Å². The van der Waals surface area contributed by atoms with Gasteiger partial charge < -0.3 is 0 Å². The fraction of sp³-hybridized carbons (Fsp3) is 0.125. The van der Waals surface area contributed by atoms with Gasteiger partial charge in [0.1, 0.15) is 0 Å². The van der Waals surface area contributed by atoms with E-state index in [9.17, 15) is 0 Å². The molecular formula is C8H6O3Ru. The second kappa shape index (κ2) is 48.0. The van der Waals surface area contributed by atoms with Gasteiger partial charge in [0.25, 0.3) is 0 Å². The molecule has 0 bridgehead atoms. The topological polar surface area (TPSA) is 59.7 Å². The Morgan fingerprint density at radius 3 is 1.08 bits per heavy atom. The fourth-order valence-corrected chi connectivity index (χ4v) is 0.393. The van der Waals surface area contributed by atoms with E-state index in [-0.39, 0.29) is 19.5 Å². The summed E-state index contributed by atoms with van der Waals surface area (Å²) >= 11 is 0. The maximum Gasteiger partial charge on any atom is 0 e. The maximum absolute atomic E-state index is 7.50. The molecular weight excluding hydrogens is 245 g/mol. The van der Waals surface area contributed by atoms with Gasteiger partial charge in [-0.25, -0.2) is 0 Å². The van der Waals surface area contributed by atoms with Crippen molar-refractivity contribution in [2.24, 2.45) is 0 Å². The monoisotopic (exact) mass is 252 g/mol. The molecule has 0 unspecified atom stereocenters. The van der Waals surface area contributed by atoms with Gasteiger partial charge in [0.2, 0.25) is 0 Å². The quantitative estimate of drug-likeness (QED) is 0.355. The van der Waals surface area contributed by atoms with Crippen LogP contribution in [-0.2, 0) is 33.4 Å². The molecule has 0 aromatic rings. The summed E-state index contributed by atoms with van der Waals surface area (Å²) in [6.07, 6.45) is 9.50. The molecule has 0 atom stereocenters. The minimum absolute atomic E-state index is 0. The van der Waals surface area contributed by atoms with Crippen LogP contribution in [-0.4, -0.2) is 0 Å². The zero-order valence-electron chi connectivity index (χ0n) is 6.09. The first-order valence-electron chi connectivity index (χ1n) is 2.43. The molecule has 0 N–H and O–H groups in total. The van der Waals surface area contributed by atoms with E-state index in [1.165, 1.54) is 0 Å². The molecule has 1 rings (SSSR count). The predicted octanol–water partition coefficient (Wildman–Crippen LogP) is 1.39. The summed E-state index contributed by atoms with van der Waals surface area (Å²) in [5.74, 6) is 0. The molecule has 0 heterocycles. The summed E-state index contributed by atoms with van der Waals surface area (Å²) < 4.78 is 22.5. The van der Waals surface area contributed by atoms with Crippen LogP contribution >= 0.6 is 0 Å². The molecule has 0 spiro atoms. The van der Waals surface area contributed by atoms with Gasteiger partial charge in [-0.2, -0.15) is 0 Å². The van der Waals surface area contributed by atoms with Crippen molar-refractivity contribution in [3.8, 4) is 0 Å². The molecule has 4 heteroatoms. The largest absolute Gasteiger partial charge is 0 e. The molecule has 0 fully saturated rings. The third kappa shape index (κ3) is 34.6. The van der Waals surface area contributed by atoms with Crippen LogP contribution < -0.4 is 0 Å². The summed E-state index contributed by atoms with van der Waals surface area (Å²) in [6, 6.07) is 0. The Morgan fingerprint density at radius 1 is 0.750 bits per heavy atom. The minimum Gasteiger partial charge on any atom is 0 e. The number of hydrogen-bond acceptors (Lipinski definition) is 0. The van der Waals surface area contributed by atoms with Crippen LogP contribution in [0.25, 0.3) is 0 Å². The van der Waals surface area contributed by atoms with Gasteiger partial charge in [0, 0.05) is 19.5 Å². The molecule has 0 amide bonds. The van der Waals surface area contributed by atoms with Gasteiger partial charge in [0.05, 0.1) is 0 Å². The molecule has 0 saturated heterocycles. The molecule has 3 nitrogen and oxygen atoms in total. The van der Waals surface area contributed by atoms with Gasteiger partial charge in [-0.15, -0.1) is 0 Å². The molecule has 0 saturated carbocycles. The van der Waals surface area contributed by atoms with Crippen molar-refractivity contribution in [2.45, 2.75) is 6.42 Å². The number of rotatable bonds is 0. The number of hydrogen-bond donors (Lipinski definition) is 0. The second-order valence-corrected chi connectivity index (χ2v) is 1.09. The Hall–Kier alpha value is -0.677. The van der Waals surface area contributed by atoms with Crippen molar-refractivity contribution in [2.75, 3.05) is 0 Å². The SMILES string of the molecule is C1=CCC=C1.[C-]#[O+].[C-]#[O+].[C-]#[O+].[Ru]. The first kappa shape index (κ1) is 22.5. The van der Waals surface area contributed by atoms with Crippen LogP contribution in [0.15, 0.2) is 24.3 Å². The average Bonchev–Trinajstić information content (AvgIpc) is 2.71. The number of allylic oxidation sites excluding steroid dienone is 4.